The van der Waals surface area contributed by atoms with Crippen molar-refractivity contribution in [1.82, 2.24) is 0 Å². The van der Waals surface area contributed by atoms with Crippen LogP contribution in [0.4, 0.5) is 0 Å². The summed E-state index contributed by atoms with van der Waals surface area (Å²) in [4.78, 5) is 24.5. The van der Waals surface area contributed by atoms with Crippen molar-refractivity contribution in [3.8, 4) is 0 Å². The average Bonchev–Trinajstić information content (AvgIpc) is 3.46. The lowest BCUT2D eigenvalue weighted by molar-refractivity contribution is -0.170. The Kier molecular flexibility index (Phi) is 7.62. The smallest absolute Gasteiger partial charge is 0.165 e. The largest absolute Gasteiger partial charge is 0.393 e. The van der Waals surface area contributed by atoms with Crippen LogP contribution in [0.2, 0.25) is 0 Å². The van der Waals surface area contributed by atoms with Gasteiger partial charge in [-0.3, -0.25) is 9.59 Å². The number of epoxide rings is 1. The molecule has 0 unspecified atom stereocenters. The molecule has 0 bridgehead atoms. The van der Waals surface area contributed by atoms with E-state index in [2.05, 4.69) is 0 Å². The minimum atomic E-state index is -1.17. The van der Waals surface area contributed by atoms with E-state index < -0.39 is 24.4 Å². The number of aliphatic hydroxyl groups is 3. The number of carbonyl (C=O) groups excluding carboxylic acids is 2. The van der Waals surface area contributed by atoms with Gasteiger partial charge < -0.3 is 24.8 Å². The van der Waals surface area contributed by atoms with Gasteiger partial charge in [0.05, 0.1) is 43.5 Å². The highest BCUT2D eigenvalue weighted by atomic mass is 16.6. The molecular formula is C22H34O7. The molecule has 29 heavy (non-hydrogen) atoms. The molecule has 164 valence electrons. The number of ketones is 2. The number of ether oxygens (including phenoxy) is 2. The molecule has 2 saturated heterocycles. The summed E-state index contributed by atoms with van der Waals surface area (Å²) in [6, 6.07) is 0. The molecule has 8 atom stereocenters. The molecule has 3 N–H and O–H groups in total. The molecule has 0 aromatic rings. The van der Waals surface area contributed by atoms with Crippen molar-refractivity contribution < 1.29 is 34.4 Å². The van der Waals surface area contributed by atoms with Crippen molar-refractivity contribution in [2.24, 2.45) is 11.8 Å². The standard InChI is InChI=1S/C22H34O7/c1-12(13(2)23)22-19(29-22)8-15-11-28-18(21(27)20(15)26)10-16(24)9-17(25)14-6-4-3-5-7-14/h6,12-13,15,18-23,26-27H,3-5,7-11H2,1-2H3/t12-,13-,15-,18-,19-,20+,21-,22-/m0/s1. The summed E-state index contributed by atoms with van der Waals surface area (Å²) in [5.41, 5.74) is 0.736. The monoisotopic (exact) mass is 410 g/mol. The van der Waals surface area contributed by atoms with Crippen LogP contribution in [0.3, 0.4) is 0 Å². The quantitative estimate of drug-likeness (QED) is 0.388. The molecule has 0 saturated carbocycles. The van der Waals surface area contributed by atoms with Crippen molar-refractivity contribution in [2.75, 3.05) is 6.61 Å². The van der Waals surface area contributed by atoms with Crippen LogP contribution in [-0.2, 0) is 19.1 Å². The molecule has 2 fully saturated rings. The molecule has 2 heterocycles. The fourth-order valence-corrected chi connectivity index (χ4v) is 4.39. The molecule has 0 radical (unpaired) electrons. The number of hydrogen-bond donors (Lipinski definition) is 3. The van der Waals surface area contributed by atoms with Crippen LogP contribution in [0.1, 0.15) is 58.8 Å². The Bertz CT molecular complexity index is 629. The zero-order chi connectivity index (χ0) is 21.1. The molecule has 3 aliphatic rings. The first-order valence-corrected chi connectivity index (χ1v) is 10.8. The van der Waals surface area contributed by atoms with Crippen LogP contribution in [0.15, 0.2) is 11.6 Å². The summed E-state index contributed by atoms with van der Waals surface area (Å²) in [6.45, 7) is 3.87. The van der Waals surface area contributed by atoms with Crippen LogP contribution in [0.5, 0.6) is 0 Å². The molecule has 0 spiro atoms. The fraction of sp³-hybridized carbons (Fsp3) is 0.818. The van der Waals surface area contributed by atoms with Crippen LogP contribution in [0, 0.1) is 11.8 Å². The average molecular weight is 411 g/mol. The Balaban J connectivity index is 1.44. The van der Waals surface area contributed by atoms with E-state index in [4.69, 9.17) is 9.47 Å². The van der Waals surface area contributed by atoms with Crippen molar-refractivity contribution in [2.45, 2.75) is 95.4 Å². The van der Waals surface area contributed by atoms with Crippen molar-refractivity contribution in [3.05, 3.63) is 11.6 Å². The maximum Gasteiger partial charge on any atom is 0.165 e. The Morgan fingerprint density at radius 1 is 1.17 bits per heavy atom. The van der Waals surface area contributed by atoms with Gasteiger partial charge in [0.25, 0.3) is 0 Å². The zero-order valence-corrected chi connectivity index (χ0v) is 17.3. The molecule has 3 rings (SSSR count). The lowest BCUT2D eigenvalue weighted by atomic mass is 9.85. The summed E-state index contributed by atoms with van der Waals surface area (Å²) in [6.07, 6.45) is 2.33. The number of allylic oxidation sites excluding steroid dienone is 2. The lowest BCUT2D eigenvalue weighted by Gasteiger charge is -2.37. The Labute approximate surface area is 172 Å². The Hall–Kier alpha value is -1.12. The van der Waals surface area contributed by atoms with E-state index in [0.29, 0.717) is 6.42 Å². The Morgan fingerprint density at radius 2 is 1.93 bits per heavy atom. The lowest BCUT2D eigenvalue weighted by Crippen LogP contribution is -2.51. The normalized spacial score (nSPS) is 36.8. The molecule has 7 nitrogen and oxygen atoms in total. The van der Waals surface area contributed by atoms with Gasteiger partial charge in [0.2, 0.25) is 0 Å². The predicted octanol–water partition coefficient (Wildman–Crippen LogP) is 1.32. The third-order valence-corrected chi connectivity index (χ3v) is 6.61. The van der Waals surface area contributed by atoms with Crippen LogP contribution < -0.4 is 0 Å². The van der Waals surface area contributed by atoms with Gasteiger partial charge in [0, 0.05) is 18.3 Å². The highest BCUT2D eigenvalue weighted by molar-refractivity contribution is 6.07. The molecule has 0 aromatic heterocycles. The van der Waals surface area contributed by atoms with Gasteiger partial charge in [-0.1, -0.05) is 13.0 Å². The molecule has 2 aliphatic heterocycles. The third kappa shape index (κ3) is 5.73. The number of Topliss-reactive ketones (excluding diaryl/α,β-unsaturated/α-hetero) is 2. The van der Waals surface area contributed by atoms with E-state index in [1.54, 1.807) is 6.92 Å². The highest BCUT2D eigenvalue weighted by Gasteiger charge is 2.48. The van der Waals surface area contributed by atoms with Gasteiger partial charge in [-0.15, -0.1) is 0 Å². The van der Waals surface area contributed by atoms with Gasteiger partial charge in [0.15, 0.2) is 5.78 Å². The maximum atomic E-state index is 12.3. The van der Waals surface area contributed by atoms with Crippen LogP contribution in [0.25, 0.3) is 0 Å². The second-order valence-corrected chi connectivity index (χ2v) is 8.91. The summed E-state index contributed by atoms with van der Waals surface area (Å²) in [5.74, 6) is -0.689. The molecule has 0 amide bonds. The summed E-state index contributed by atoms with van der Waals surface area (Å²) in [5, 5.41) is 30.6. The second kappa shape index (κ2) is 9.79. The molecule has 7 heteroatoms. The van der Waals surface area contributed by atoms with E-state index >= 15 is 0 Å². The second-order valence-electron chi connectivity index (χ2n) is 8.91. The van der Waals surface area contributed by atoms with Crippen molar-refractivity contribution in [1.29, 1.82) is 0 Å². The number of hydrogen-bond acceptors (Lipinski definition) is 7. The van der Waals surface area contributed by atoms with Gasteiger partial charge >= 0.3 is 0 Å². The molecule has 1 aliphatic carbocycles. The zero-order valence-electron chi connectivity index (χ0n) is 17.3. The predicted molar refractivity (Wildman–Crippen MR) is 105 cm³/mol. The first-order valence-electron chi connectivity index (χ1n) is 10.8. The van der Waals surface area contributed by atoms with Gasteiger partial charge in [-0.2, -0.15) is 0 Å². The van der Waals surface area contributed by atoms with Gasteiger partial charge in [-0.25, -0.2) is 0 Å². The Morgan fingerprint density at radius 3 is 2.59 bits per heavy atom. The van der Waals surface area contributed by atoms with E-state index in [0.717, 1.165) is 31.3 Å². The van der Waals surface area contributed by atoms with E-state index in [-0.39, 0.29) is 55.1 Å². The maximum absolute atomic E-state index is 12.3. The summed E-state index contributed by atoms with van der Waals surface area (Å²) >= 11 is 0. The minimum absolute atomic E-state index is 0.00811. The van der Waals surface area contributed by atoms with Crippen molar-refractivity contribution in [3.63, 3.8) is 0 Å². The fourth-order valence-electron chi connectivity index (χ4n) is 4.39. The van der Waals surface area contributed by atoms with E-state index in [9.17, 15) is 24.9 Å². The third-order valence-electron chi connectivity index (χ3n) is 6.61. The van der Waals surface area contributed by atoms with Gasteiger partial charge in [-0.05, 0) is 44.6 Å². The molecular weight excluding hydrogens is 376 g/mol. The number of aliphatic hydroxyl groups excluding tert-OH is 3. The van der Waals surface area contributed by atoms with E-state index in [1.165, 1.54) is 0 Å². The first kappa shape index (κ1) is 22.6. The minimum Gasteiger partial charge on any atom is -0.393 e. The molecule has 0 aromatic carbocycles. The number of carbonyl (C=O) groups is 2. The highest BCUT2D eigenvalue weighted by Crippen LogP contribution is 2.38. The van der Waals surface area contributed by atoms with Gasteiger partial charge in [0.1, 0.15) is 11.9 Å². The van der Waals surface area contributed by atoms with E-state index in [1.807, 2.05) is 13.0 Å². The number of rotatable bonds is 9. The SMILES string of the molecule is C[C@H]([C@@H]1O[C@H]1C[C@H]1CO[C@@H](CC(=O)CC(=O)C2=CCCCC2)[C@H](O)[C@@H]1O)[C@H](C)O. The first-order chi connectivity index (χ1) is 13.8. The topological polar surface area (TPSA) is 117 Å². The van der Waals surface area contributed by atoms with Crippen LogP contribution in [-0.4, -0.2) is 70.1 Å². The van der Waals surface area contributed by atoms with Crippen LogP contribution >= 0.6 is 0 Å². The summed E-state index contributed by atoms with van der Waals surface area (Å²) in [7, 11) is 0. The van der Waals surface area contributed by atoms with Crippen molar-refractivity contribution >= 4 is 11.6 Å². The summed E-state index contributed by atoms with van der Waals surface area (Å²) < 4.78 is 11.3.